The van der Waals surface area contributed by atoms with Gasteiger partial charge in [-0.3, -0.25) is 0 Å². The molecule has 1 heterocycles. The second-order valence-electron chi connectivity index (χ2n) is 3.64. The molecule has 0 aliphatic heterocycles. The molecule has 0 unspecified atom stereocenters. The number of rotatable bonds is 2. The first kappa shape index (κ1) is 12.3. The summed E-state index contributed by atoms with van der Waals surface area (Å²) >= 11 is 4.41. The van der Waals surface area contributed by atoms with Crippen LogP contribution in [0.3, 0.4) is 0 Å². The number of aromatic hydroxyl groups is 1. The molecule has 0 saturated heterocycles. The number of hydrogen-bond donors (Lipinski definition) is 1. The van der Waals surface area contributed by atoms with Crippen LogP contribution in [0.4, 0.5) is 0 Å². The Kier molecular flexibility index (Phi) is 3.89. The molecule has 1 aromatic heterocycles. The maximum atomic E-state index is 10.0. The second kappa shape index (κ2) is 5.03. The highest BCUT2D eigenvalue weighted by molar-refractivity contribution is 14.1. The van der Waals surface area contributed by atoms with E-state index < -0.39 is 0 Å². The van der Waals surface area contributed by atoms with Crippen LogP contribution >= 0.6 is 45.2 Å². The highest BCUT2D eigenvalue weighted by atomic mass is 127. The van der Waals surface area contributed by atoms with Gasteiger partial charge in [0, 0.05) is 14.7 Å². The van der Waals surface area contributed by atoms with Crippen molar-refractivity contribution >= 4 is 56.1 Å². The number of hydrogen-bond acceptors (Lipinski definition) is 2. The van der Waals surface area contributed by atoms with Crippen LogP contribution in [-0.4, -0.2) is 10.1 Å². The number of aryl methyl sites for hydroxylation is 1. The van der Waals surface area contributed by atoms with Crippen molar-refractivity contribution in [3.05, 3.63) is 31.0 Å². The summed E-state index contributed by atoms with van der Waals surface area (Å²) < 4.78 is 1.99. The maximum Gasteiger partial charge on any atom is 0.155 e. The number of halogens is 2. The Morgan fingerprint density at radius 1 is 1.25 bits per heavy atom. The fourth-order valence-electron chi connectivity index (χ4n) is 1.64. The minimum atomic E-state index is 0.300. The number of aromatic nitrogens is 1. The summed E-state index contributed by atoms with van der Waals surface area (Å²) in [5, 5.41) is 11.0. The summed E-state index contributed by atoms with van der Waals surface area (Å²) in [5.41, 5.74) is 1.77. The predicted octanol–water partition coefficient (Wildman–Crippen LogP) is 4.10. The van der Waals surface area contributed by atoms with Crippen LogP contribution < -0.4 is 0 Å². The van der Waals surface area contributed by atoms with Crippen LogP contribution in [0.5, 0.6) is 5.75 Å². The van der Waals surface area contributed by atoms with Gasteiger partial charge >= 0.3 is 0 Å². The van der Waals surface area contributed by atoms with Gasteiger partial charge in [0.15, 0.2) is 5.75 Å². The van der Waals surface area contributed by atoms with Crippen LogP contribution in [0, 0.1) is 7.14 Å². The average Bonchev–Trinajstić information content (AvgIpc) is 2.26. The first-order valence-electron chi connectivity index (χ1n) is 5.10. The molecule has 1 aromatic carbocycles. The molecule has 0 saturated carbocycles. The van der Waals surface area contributed by atoms with Crippen molar-refractivity contribution in [2.24, 2.45) is 0 Å². The molecular formula is C12H11I2NO. The van der Waals surface area contributed by atoms with Crippen molar-refractivity contribution in [3.8, 4) is 5.75 Å². The summed E-state index contributed by atoms with van der Waals surface area (Å²) in [4.78, 5) is 4.53. The number of phenolic OH excluding ortho intramolecular Hbond substituents is 1. The summed E-state index contributed by atoms with van der Waals surface area (Å²) in [7, 11) is 0. The number of benzene rings is 1. The molecule has 0 atom stereocenters. The van der Waals surface area contributed by atoms with E-state index in [1.165, 1.54) is 0 Å². The largest absolute Gasteiger partial charge is 0.505 e. The van der Waals surface area contributed by atoms with Gasteiger partial charge in [-0.1, -0.05) is 13.3 Å². The fourth-order valence-corrected chi connectivity index (χ4v) is 3.55. The van der Waals surface area contributed by atoms with E-state index in [0.717, 1.165) is 36.6 Å². The summed E-state index contributed by atoms with van der Waals surface area (Å²) in [6.07, 6.45) is 2.03. The van der Waals surface area contributed by atoms with Gasteiger partial charge < -0.3 is 5.11 Å². The Bertz CT molecular complexity index is 540. The summed E-state index contributed by atoms with van der Waals surface area (Å²) in [6.45, 7) is 2.13. The van der Waals surface area contributed by atoms with Gasteiger partial charge in [-0.25, -0.2) is 4.98 Å². The van der Waals surface area contributed by atoms with Crippen molar-refractivity contribution in [1.82, 2.24) is 4.98 Å². The van der Waals surface area contributed by atoms with Gasteiger partial charge in [0.25, 0.3) is 0 Å². The number of pyridine rings is 1. The quantitative estimate of drug-likeness (QED) is 0.716. The van der Waals surface area contributed by atoms with Gasteiger partial charge in [0.1, 0.15) is 5.52 Å². The zero-order valence-corrected chi connectivity index (χ0v) is 13.1. The molecule has 0 spiro atoms. The first-order valence-corrected chi connectivity index (χ1v) is 7.25. The fraction of sp³-hybridized carbons (Fsp3) is 0.250. The van der Waals surface area contributed by atoms with E-state index in [1.54, 1.807) is 0 Å². The van der Waals surface area contributed by atoms with Crippen molar-refractivity contribution in [2.75, 3.05) is 0 Å². The molecule has 1 N–H and O–H groups in total. The van der Waals surface area contributed by atoms with Crippen molar-refractivity contribution in [3.63, 3.8) is 0 Å². The molecule has 0 fully saturated rings. The number of fused-ring (bicyclic) bond motifs is 1. The zero-order valence-electron chi connectivity index (χ0n) is 8.80. The molecule has 2 aromatic rings. The predicted molar refractivity (Wildman–Crippen MR) is 82.8 cm³/mol. The molecule has 0 amide bonds. The van der Waals surface area contributed by atoms with Crippen molar-refractivity contribution in [1.29, 1.82) is 0 Å². The van der Waals surface area contributed by atoms with Gasteiger partial charge in [-0.05, 0) is 69.8 Å². The molecular weight excluding hydrogens is 428 g/mol. The Morgan fingerprint density at radius 3 is 2.69 bits per heavy atom. The summed E-state index contributed by atoms with van der Waals surface area (Å²) in [5.74, 6) is 0.300. The van der Waals surface area contributed by atoms with Crippen molar-refractivity contribution < 1.29 is 5.11 Å². The Balaban J connectivity index is 2.71. The summed E-state index contributed by atoms with van der Waals surface area (Å²) in [6, 6.07) is 6.06. The Labute approximate surface area is 122 Å². The number of phenols is 1. The van der Waals surface area contributed by atoms with Crippen LogP contribution in [0.2, 0.25) is 0 Å². The van der Waals surface area contributed by atoms with Gasteiger partial charge in [-0.15, -0.1) is 0 Å². The van der Waals surface area contributed by atoms with Crippen LogP contribution in [-0.2, 0) is 6.42 Å². The SMILES string of the molecule is CCCc1ccc2c(I)cc(I)c(O)c2n1. The molecule has 0 radical (unpaired) electrons. The standard InChI is InChI=1S/C12H11I2NO/c1-2-3-7-4-5-8-9(13)6-10(14)12(16)11(8)15-7/h4-6,16H,2-3H2,1H3. The van der Waals surface area contributed by atoms with Gasteiger partial charge in [0.2, 0.25) is 0 Å². The minimum absolute atomic E-state index is 0.300. The van der Waals surface area contributed by atoms with E-state index >= 15 is 0 Å². The van der Waals surface area contributed by atoms with Crippen LogP contribution in [0.1, 0.15) is 19.0 Å². The lowest BCUT2D eigenvalue weighted by Gasteiger charge is -2.07. The maximum absolute atomic E-state index is 10.0. The molecule has 2 nitrogen and oxygen atoms in total. The van der Waals surface area contributed by atoms with E-state index in [0.29, 0.717) is 5.75 Å². The van der Waals surface area contributed by atoms with E-state index in [9.17, 15) is 5.11 Å². The van der Waals surface area contributed by atoms with E-state index in [4.69, 9.17) is 0 Å². The lowest BCUT2D eigenvalue weighted by molar-refractivity contribution is 0.476. The number of nitrogens with zero attached hydrogens (tertiary/aromatic N) is 1. The first-order chi connectivity index (χ1) is 7.63. The van der Waals surface area contributed by atoms with E-state index in [1.807, 2.05) is 18.2 Å². The van der Waals surface area contributed by atoms with E-state index in [2.05, 4.69) is 57.1 Å². The third kappa shape index (κ3) is 2.27. The average molecular weight is 439 g/mol. The molecule has 0 bridgehead atoms. The third-order valence-corrected chi connectivity index (χ3v) is 4.14. The topological polar surface area (TPSA) is 33.1 Å². The van der Waals surface area contributed by atoms with Gasteiger partial charge in [0.05, 0.1) is 3.57 Å². The van der Waals surface area contributed by atoms with Crippen molar-refractivity contribution in [2.45, 2.75) is 19.8 Å². The molecule has 84 valence electrons. The molecule has 16 heavy (non-hydrogen) atoms. The van der Waals surface area contributed by atoms with Crippen LogP contribution in [0.25, 0.3) is 10.9 Å². The smallest absolute Gasteiger partial charge is 0.155 e. The Morgan fingerprint density at radius 2 is 2.00 bits per heavy atom. The lowest BCUT2D eigenvalue weighted by Crippen LogP contribution is -1.92. The monoisotopic (exact) mass is 439 g/mol. The Hall–Kier alpha value is -0.110. The zero-order chi connectivity index (χ0) is 11.7. The third-order valence-electron chi connectivity index (χ3n) is 2.42. The second-order valence-corrected chi connectivity index (χ2v) is 5.96. The highest BCUT2D eigenvalue weighted by Crippen LogP contribution is 2.32. The van der Waals surface area contributed by atoms with Gasteiger partial charge in [-0.2, -0.15) is 0 Å². The molecule has 4 heteroatoms. The molecule has 0 aliphatic rings. The molecule has 0 aliphatic carbocycles. The molecule has 2 rings (SSSR count). The lowest BCUT2D eigenvalue weighted by atomic mass is 10.1. The highest BCUT2D eigenvalue weighted by Gasteiger charge is 2.10. The van der Waals surface area contributed by atoms with Crippen LogP contribution in [0.15, 0.2) is 18.2 Å². The normalized spacial score (nSPS) is 10.9. The minimum Gasteiger partial charge on any atom is -0.505 e. The van der Waals surface area contributed by atoms with E-state index in [-0.39, 0.29) is 0 Å².